The zero-order valence-corrected chi connectivity index (χ0v) is 9.09. The van der Waals surface area contributed by atoms with Gasteiger partial charge in [-0.25, -0.2) is 0 Å². The molecule has 0 radical (unpaired) electrons. The van der Waals surface area contributed by atoms with Crippen molar-refractivity contribution in [3.63, 3.8) is 0 Å². The molecule has 3 nitrogen and oxygen atoms in total. The van der Waals surface area contributed by atoms with E-state index in [0.29, 0.717) is 18.8 Å². The van der Waals surface area contributed by atoms with Crippen LogP contribution in [-0.2, 0) is 4.79 Å². The number of rotatable bonds is 4. The Bertz CT molecular complexity index is 187. The summed E-state index contributed by atoms with van der Waals surface area (Å²) in [6.07, 6.45) is 4.28. The standard InChI is InChI=1S/C10H18ClNO2/c11-6-5-10(14)12-7-8-3-1-2-4-9(8)13/h8-9,13H,1-7H2,(H,12,14)/t8-,9+/m1/s1. The third-order valence-electron chi connectivity index (χ3n) is 2.75. The molecule has 0 spiro atoms. The van der Waals surface area contributed by atoms with Crippen molar-refractivity contribution >= 4 is 17.5 Å². The van der Waals surface area contributed by atoms with Crippen LogP contribution in [0, 0.1) is 5.92 Å². The van der Waals surface area contributed by atoms with Crippen molar-refractivity contribution in [1.29, 1.82) is 0 Å². The summed E-state index contributed by atoms with van der Waals surface area (Å²) in [5.74, 6) is 0.583. The normalized spacial score (nSPS) is 27.3. The predicted molar refractivity (Wildman–Crippen MR) is 56.3 cm³/mol. The van der Waals surface area contributed by atoms with Gasteiger partial charge in [0.25, 0.3) is 0 Å². The number of aliphatic hydroxyl groups is 1. The molecule has 0 bridgehead atoms. The highest BCUT2D eigenvalue weighted by Crippen LogP contribution is 2.23. The van der Waals surface area contributed by atoms with Crippen LogP contribution in [0.5, 0.6) is 0 Å². The summed E-state index contributed by atoms with van der Waals surface area (Å²) in [6, 6.07) is 0. The third-order valence-corrected chi connectivity index (χ3v) is 2.94. The van der Waals surface area contributed by atoms with Gasteiger partial charge < -0.3 is 10.4 Å². The minimum atomic E-state index is -0.236. The van der Waals surface area contributed by atoms with E-state index in [1.165, 1.54) is 0 Å². The lowest BCUT2D eigenvalue weighted by Gasteiger charge is -2.27. The molecule has 0 aromatic heterocycles. The number of aliphatic hydroxyl groups excluding tert-OH is 1. The first-order chi connectivity index (χ1) is 6.74. The molecule has 82 valence electrons. The van der Waals surface area contributed by atoms with Crippen LogP contribution in [0.2, 0.25) is 0 Å². The second-order valence-electron chi connectivity index (χ2n) is 3.85. The lowest BCUT2D eigenvalue weighted by atomic mass is 9.86. The van der Waals surface area contributed by atoms with Crippen LogP contribution in [0.25, 0.3) is 0 Å². The van der Waals surface area contributed by atoms with Crippen molar-refractivity contribution in [2.24, 2.45) is 5.92 Å². The van der Waals surface area contributed by atoms with Crippen molar-refractivity contribution in [1.82, 2.24) is 5.32 Å². The van der Waals surface area contributed by atoms with E-state index >= 15 is 0 Å². The number of carbonyl (C=O) groups is 1. The first kappa shape index (κ1) is 11.8. The van der Waals surface area contributed by atoms with E-state index in [2.05, 4.69) is 5.32 Å². The number of hydrogen-bond donors (Lipinski definition) is 2. The van der Waals surface area contributed by atoms with E-state index in [1.54, 1.807) is 0 Å². The molecule has 0 aromatic rings. The maximum absolute atomic E-state index is 11.1. The Hall–Kier alpha value is -0.280. The Morgan fingerprint density at radius 3 is 2.79 bits per heavy atom. The van der Waals surface area contributed by atoms with Gasteiger partial charge in [0.15, 0.2) is 0 Å². The fourth-order valence-electron chi connectivity index (χ4n) is 1.85. The smallest absolute Gasteiger partial charge is 0.221 e. The fourth-order valence-corrected chi connectivity index (χ4v) is 2.02. The lowest BCUT2D eigenvalue weighted by molar-refractivity contribution is -0.121. The predicted octanol–water partition coefficient (Wildman–Crippen LogP) is 1.28. The molecule has 2 atom stereocenters. The summed E-state index contributed by atoms with van der Waals surface area (Å²) in [5, 5.41) is 12.4. The van der Waals surface area contributed by atoms with Gasteiger partial charge in [-0.3, -0.25) is 4.79 Å². The molecule has 1 saturated carbocycles. The molecule has 1 rings (SSSR count). The molecule has 0 aromatic carbocycles. The highest BCUT2D eigenvalue weighted by molar-refractivity contribution is 6.18. The molecule has 0 aliphatic heterocycles. The summed E-state index contributed by atoms with van der Waals surface area (Å²) in [4.78, 5) is 11.1. The maximum atomic E-state index is 11.1. The average Bonchev–Trinajstić information content (AvgIpc) is 2.17. The van der Waals surface area contributed by atoms with Gasteiger partial charge in [0, 0.05) is 24.8 Å². The molecule has 1 fully saturated rings. The molecule has 1 aliphatic rings. The number of halogens is 1. The largest absolute Gasteiger partial charge is 0.393 e. The summed E-state index contributed by atoms with van der Waals surface area (Å²) in [7, 11) is 0. The molecule has 0 saturated heterocycles. The molecular weight excluding hydrogens is 202 g/mol. The maximum Gasteiger partial charge on any atom is 0.221 e. The van der Waals surface area contributed by atoms with Crippen LogP contribution in [0.3, 0.4) is 0 Å². The van der Waals surface area contributed by atoms with Gasteiger partial charge in [0.2, 0.25) is 5.91 Å². The quantitative estimate of drug-likeness (QED) is 0.700. The molecular formula is C10H18ClNO2. The Kier molecular flexibility index (Phi) is 5.26. The fraction of sp³-hybridized carbons (Fsp3) is 0.900. The SMILES string of the molecule is O=C(CCCl)NC[C@H]1CCCC[C@@H]1O. The van der Waals surface area contributed by atoms with Crippen LogP contribution in [0.15, 0.2) is 0 Å². The minimum absolute atomic E-state index is 0.0160. The van der Waals surface area contributed by atoms with Gasteiger partial charge in [0.05, 0.1) is 6.10 Å². The van der Waals surface area contributed by atoms with Gasteiger partial charge in [0.1, 0.15) is 0 Å². The highest BCUT2D eigenvalue weighted by Gasteiger charge is 2.22. The minimum Gasteiger partial charge on any atom is -0.393 e. The molecule has 2 N–H and O–H groups in total. The Balaban J connectivity index is 2.19. The second-order valence-corrected chi connectivity index (χ2v) is 4.23. The van der Waals surface area contributed by atoms with Crippen LogP contribution in [0.1, 0.15) is 32.1 Å². The zero-order valence-electron chi connectivity index (χ0n) is 8.34. The molecule has 0 heterocycles. The lowest BCUT2D eigenvalue weighted by Crippen LogP contribution is -2.36. The van der Waals surface area contributed by atoms with Gasteiger partial charge in [-0.15, -0.1) is 11.6 Å². The molecule has 4 heteroatoms. The summed E-state index contributed by atoms with van der Waals surface area (Å²) in [6.45, 7) is 0.594. The van der Waals surface area contributed by atoms with E-state index in [0.717, 1.165) is 25.7 Å². The van der Waals surface area contributed by atoms with Crippen LogP contribution < -0.4 is 5.32 Å². The topological polar surface area (TPSA) is 49.3 Å². The van der Waals surface area contributed by atoms with Gasteiger partial charge >= 0.3 is 0 Å². The van der Waals surface area contributed by atoms with Gasteiger partial charge in [-0.1, -0.05) is 12.8 Å². The van der Waals surface area contributed by atoms with Crippen molar-refractivity contribution < 1.29 is 9.90 Å². The third kappa shape index (κ3) is 3.84. The molecule has 14 heavy (non-hydrogen) atoms. The van der Waals surface area contributed by atoms with Crippen molar-refractivity contribution in [2.45, 2.75) is 38.2 Å². The van der Waals surface area contributed by atoms with Gasteiger partial charge in [-0.2, -0.15) is 0 Å². The van der Waals surface area contributed by atoms with Crippen molar-refractivity contribution in [3.8, 4) is 0 Å². The number of alkyl halides is 1. The number of nitrogens with one attached hydrogen (secondary N) is 1. The molecule has 0 unspecified atom stereocenters. The summed E-state index contributed by atoms with van der Waals surface area (Å²) < 4.78 is 0. The van der Waals surface area contributed by atoms with Gasteiger partial charge in [-0.05, 0) is 12.8 Å². The van der Waals surface area contributed by atoms with Crippen molar-refractivity contribution in [2.75, 3.05) is 12.4 Å². The average molecular weight is 220 g/mol. The number of hydrogen-bond acceptors (Lipinski definition) is 2. The molecule has 1 amide bonds. The molecule has 1 aliphatic carbocycles. The van der Waals surface area contributed by atoms with E-state index in [4.69, 9.17) is 11.6 Å². The van der Waals surface area contributed by atoms with Crippen molar-refractivity contribution in [3.05, 3.63) is 0 Å². The first-order valence-corrected chi connectivity index (χ1v) is 5.78. The second kappa shape index (κ2) is 6.25. The summed E-state index contributed by atoms with van der Waals surface area (Å²) >= 11 is 5.44. The zero-order chi connectivity index (χ0) is 10.4. The van der Waals surface area contributed by atoms with Crippen LogP contribution >= 0.6 is 11.6 Å². The number of amides is 1. The van der Waals surface area contributed by atoms with E-state index in [1.807, 2.05) is 0 Å². The Labute approximate surface area is 89.8 Å². The Morgan fingerprint density at radius 1 is 1.43 bits per heavy atom. The Morgan fingerprint density at radius 2 is 2.14 bits per heavy atom. The monoisotopic (exact) mass is 219 g/mol. The first-order valence-electron chi connectivity index (χ1n) is 5.24. The van der Waals surface area contributed by atoms with Crippen LogP contribution in [-0.4, -0.2) is 29.5 Å². The number of carbonyl (C=O) groups excluding carboxylic acids is 1. The van der Waals surface area contributed by atoms with E-state index < -0.39 is 0 Å². The highest BCUT2D eigenvalue weighted by atomic mass is 35.5. The van der Waals surface area contributed by atoms with E-state index in [-0.39, 0.29) is 17.9 Å². The summed E-state index contributed by atoms with van der Waals surface area (Å²) in [5.41, 5.74) is 0. The van der Waals surface area contributed by atoms with E-state index in [9.17, 15) is 9.90 Å². The van der Waals surface area contributed by atoms with Crippen LogP contribution in [0.4, 0.5) is 0 Å².